The molecule has 1 fully saturated rings. The summed E-state index contributed by atoms with van der Waals surface area (Å²) in [6.07, 6.45) is 2.42. The quantitative estimate of drug-likeness (QED) is 0.872. The van der Waals surface area contributed by atoms with Gasteiger partial charge in [-0.1, -0.05) is 11.2 Å². The van der Waals surface area contributed by atoms with Crippen molar-refractivity contribution in [1.82, 2.24) is 14.5 Å². The molecular weight excluding hydrogens is 356 g/mol. The van der Waals surface area contributed by atoms with E-state index in [1.807, 2.05) is 32.0 Å². The molecule has 2 aromatic rings. The first-order valence-electron chi connectivity index (χ1n) is 8.41. The van der Waals surface area contributed by atoms with Gasteiger partial charge in [-0.3, -0.25) is 10.1 Å². The smallest absolute Gasteiger partial charge is 0.322 e. The number of aromatic nitrogens is 2. The predicted molar refractivity (Wildman–Crippen MR) is 97.0 cm³/mol. The lowest BCUT2D eigenvalue weighted by Gasteiger charge is -2.29. The normalized spacial score (nSPS) is 18.7. The molecule has 1 aliphatic heterocycles. The second-order valence-corrected chi connectivity index (χ2v) is 8.64. The van der Waals surface area contributed by atoms with E-state index >= 15 is 0 Å². The monoisotopic (exact) mass is 378 g/mol. The van der Waals surface area contributed by atoms with Gasteiger partial charge in [-0.2, -0.15) is 0 Å². The lowest BCUT2D eigenvalue weighted by molar-refractivity contribution is -0.121. The van der Waals surface area contributed by atoms with Crippen LogP contribution in [0.3, 0.4) is 0 Å². The highest BCUT2D eigenvalue weighted by atomic mass is 32.2. The highest BCUT2D eigenvalue weighted by molar-refractivity contribution is 7.88. The van der Waals surface area contributed by atoms with Crippen LogP contribution in [-0.2, 0) is 14.8 Å². The highest BCUT2D eigenvalue weighted by Crippen LogP contribution is 2.24. The molecule has 1 aromatic heterocycles. The van der Waals surface area contributed by atoms with E-state index in [4.69, 9.17) is 4.42 Å². The van der Waals surface area contributed by atoms with E-state index < -0.39 is 15.9 Å². The number of nitrogens with one attached hydrogen (secondary N) is 1. The van der Waals surface area contributed by atoms with E-state index in [-0.39, 0.29) is 18.5 Å². The number of sulfonamides is 1. The van der Waals surface area contributed by atoms with Gasteiger partial charge in [0.1, 0.15) is 0 Å². The second-order valence-electron chi connectivity index (χ2n) is 6.66. The Labute approximate surface area is 152 Å². The zero-order valence-electron chi connectivity index (χ0n) is 15.0. The fourth-order valence-corrected chi connectivity index (χ4v) is 3.84. The molecule has 1 aromatic carbocycles. The first-order valence-corrected chi connectivity index (χ1v) is 10.3. The number of piperidine rings is 1. The lowest BCUT2D eigenvalue weighted by Crippen LogP contribution is -2.43. The molecule has 0 spiro atoms. The molecule has 0 bridgehead atoms. The van der Waals surface area contributed by atoms with E-state index in [1.165, 1.54) is 4.31 Å². The van der Waals surface area contributed by atoms with Crippen LogP contribution in [0.15, 0.2) is 22.6 Å². The van der Waals surface area contributed by atoms with Crippen LogP contribution in [0.25, 0.3) is 11.5 Å². The molecule has 1 aliphatic rings. The molecule has 26 heavy (non-hydrogen) atoms. The minimum Gasteiger partial charge on any atom is -0.403 e. The van der Waals surface area contributed by atoms with Crippen molar-refractivity contribution in [3.05, 3.63) is 29.3 Å². The van der Waals surface area contributed by atoms with Crippen LogP contribution in [0.1, 0.15) is 24.0 Å². The van der Waals surface area contributed by atoms with E-state index in [0.717, 1.165) is 22.9 Å². The van der Waals surface area contributed by atoms with Crippen LogP contribution in [0.2, 0.25) is 0 Å². The molecule has 1 N–H and O–H groups in total. The summed E-state index contributed by atoms with van der Waals surface area (Å²) in [4.78, 5) is 12.4. The van der Waals surface area contributed by atoms with Gasteiger partial charge in [0.2, 0.25) is 21.8 Å². The first kappa shape index (κ1) is 18.5. The number of aryl methyl sites for hydroxylation is 2. The molecule has 9 heteroatoms. The molecule has 140 valence electrons. The average Bonchev–Trinajstić information content (AvgIpc) is 3.05. The van der Waals surface area contributed by atoms with Crippen molar-refractivity contribution in [1.29, 1.82) is 0 Å². The number of carbonyl (C=O) groups is 1. The minimum absolute atomic E-state index is 0.0136. The fraction of sp³-hybridized carbons (Fsp3) is 0.471. The van der Waals surface area contributed by atoms with Crippen LogP contribution in [0, 0.1) is 19.8 Å². The SMILES string of the molecule is Cc1ccc(-c2nnc(NC(=O)[C@H]3CCCN(S(C)(=O)=O)C3)o2)cc1C. The number of rotatable bonds is 4. The van der Waals surface area contributed by atoms with Gasteiger partial charge in [-0.15, -0.1) is 5.10 Å². The Balaban J connectivity index is 1.68. The number of carbonyl (C=O) groups excluding carboxylic acids is 1. The van der Waals surface area contributed by atoms with Crippen LogP contribution in [0.4, 0.5) is 6.01 Å². The number of anilines is 1. The number of nitrogens with zero attached hydrogens (tertiary/aromatic N) is 3. The molecule has 1 saturated heterocycles. The lowest BCUT2D eigenvalue weighted by atomic mass is 9.99. The summed E-state index contributed by atoms with van der Waals surface area (Å²) in [5.41, 5.74) is 3.05. The molecule has 0 saturated carbocycles. The highest BCUT2D eigenvalue weighted by Gasteiger charge is 2.30. The van der Waals surface area contributed by atoms with Crippen LogP contribution < -0.4 is 5.32 Å². The Morgan fingerprint density at radius 2 is 2.04 bits per heavy atom. The summed E-state index contributed by atoms with van der Waals surface area (Å²) in [6.45, 7) is 4.62. The largest absolute Gasteiger partial charge is 0.403 e. The second kappa shape index (κ2) is 7.16. The maximum absolute atomic E-state index is 12.4. The van der Waals surface area contributed by atoms with Gasteiger partial charge in [0.25, 0.3) is 0 Å². The Morgan fingerprint density at radius 1 is 1.27 bits per heavy atom. The van der Waals surface area contributed by atoms with Crippen molar-refractivity contribution in [2.24, 2.45) is 5.92 Å². The van der Waals surface area contributed by atoms with Gasteiger partial charge < -0.3 is 4.42 Å². The first-order chi connectivity index (χ1) is 12.2. The van der Waals surface area contributed by atoms with Gasteiger partial charge in [0.05, 0.1) is 12.2 Å². The number of benzene rings is 1. The van der Waals surface area contributed by atoms with E-state index in [2.05, 4.69) is 15.5 Å². The van der Waals surface area contributed by atoms with E-state index in [9.17, 15) is 13.2 Å². The molecule has 1 amide bonds. The van der Waals surface area contributed by atoms with Crippen molar-refractivity contribution in [3.63, 3.8) is 0 Å². The maximum Gasteiger partial charge on any atom is 0.322 e. The van der Waals surface area contributed by atoms with E-state index in [0.29, 0.717) is 25.3 Å². The molecule has 8 nitrogen and oxygen atoms in total. The third-order valence-corrected chi connectivity index (χ3v) is 5.90. The maximum atomic E-state index is 12.4. The number of hydrogen-bond acceptors (Lipinski definition) is 6. The van der Waals surface area contributed by atoms with Gasteiger partial charge in [0.15, 0.2) is 0 Å². The van der Waals surface area contributed by atoms with Crippen LogP contribution in [0.5, 0.6) is 0 Å². The third-order valence-electron chi connectivity index (χ3n) is 4.63. The summed E-state index contributed by atoms with van der Waals surface area (Å²) in [5, 5.41) is 10.4. The van der Waals surface area contributed by atoms with Crippen LogP contribution in [-0.4, -0.2) is 48.2 Å². The molecule has 1 atom stereocenters. The van der Waals surface area contributed by atoms with E-state index in [1.54, 1.807) is 0 Å². The summed E-state index contributed by atoms with van der Waals surface area (Å²) >= 11 is 0. The van der Waals surface area contributed by atoms with Crippen LogP contribution >= 0.6 is 0 Å². The predicted octanol–water partition coefficient (Wildman–Crippen LogP) is 1.96. The van der Waals surface area contributed by atoms with Crippen molar-refractivity contribution in [2.45, 2.75) is 26.7 Å². The summed E-state index contributed by atoms with van der Waals surface area (Å²) < 4.78 is 30.2. The topological polar surface area (TPSA) is 105 Å². The minimum atomic E-state index is -3.30. The Bertz CT molecular complexity index is 923. The summed E-state index contributed by atoms with van der Waals surface area (Å²) in [5.74, 6) is -0.422. The van der Waals surface area contributed by atoms with Crippen molar-refractivity contribution >= 4 is 21.9 Å². The van der Waals surface area contributed by atoms with Crippen molar-refractivity contribution < 1.29 is 17.6 Å². The Kier molecular flexibility index (Phi) is 5.10. The van der Waals surface area contributed by atoms with Gasteiger partial charge >= 0.3 is 6.01 Å². The molecule has 0 unspecified atom stereocenters. The fourth-order valence-electron chi connectivity index (χ4n) is 2.93. The van der Waals surface area contributed by atoms with Crippen molar-refractivity contribution in [3.8, 4) is 11.5 Å². The molecule has 3 rings (SSSR count). The average molecular weight is 378 g/mol. The Hall–Kier alpha value is -2.26. The molecule has 0 aliphatic carbocycles. The summed E-state index contributed by atoms with van der Waals surface area (Å²) in [7, 11) is -3.30. The molecule has 2 heterocycles. The zero-order valence-corrected chi connectivity index (χ0v) is 15.8. The van der Waals surface area contributed by atoms with Gasteiger partial charge in [-0.25, -0.2) is 12.7 Å². The molecular formula is C17H22N4O4S. The summed E-state index contributed by atoms with van der Waals surface area (Å²) in [6, 6.07) is 5.81. The standard InChI is InChI=1S/C17H22N4O4S/c1-11-6-7-13(9-12(11)2)16-19-20-17(25-16)18-15(22)14-5-4-8-21(10-14)26(3,23)24/h6-7,9,14H,4-5,8,10H2,1-3H3,(H,18,20,22)/t14-/m0/s1. The number of hydrogen-bond donors (Lipinski definition) is 1. The van der Waals surface area contributed by atoms with Gasteiger partial charge in [0, 0.05) is 18.7 Å². The zero-order chi connectivity index (χ0) is 18.9. The third kappa shape index (κ3) is 4.10. The Morgan fingerprint density at radius 3 is 2.73 bits per heavy atom. The number of amides is 1. The van der Waals surface area contributed by atoms with Crippen molar-refractivity contribution in [2.75, 3.05) is 24.7 Å². The molecule has 0 radical (unpaired) electrons. The van der Waals surface area contributed by atoms with Gasteiger partial charge in [-0.05, 0) is 49.9 Å².